The van der Waals surface area contributed by atoms with Crippen LogP contribution in [0.4, 0.5) is 0 Å². The van der Waals surface area contributed by atoms with E-state index in [0.717, 1.165) is 0 Å². The highest BCUT2D eigenvalue weighted by atomic mass is 32.2. The van der Waals surface area contributed by atoms with Gasteiger partial charge in [-0.25, -0.2) is 18.7 Å². The number of esters is 1. The summed E-state index contributed by atoms with van der Waals surface area (Å²) < 4.78 is 19.9. The molecule has 1 rings (SSSR count). The van der Waals surface area contributed by atoms with E-state index in [-0.39, 0.29) is 29.0 Å². The molecule has 1 aromatic rings. The van der Waals surface area contributed by atoms with Gasteiger partial charge in [0.15, 0.2) is 5.69 Å². The van der Waals surface area contributed by atoms with E-state index in [9.17, 15) is 14.1 Å². The van der Waals surface area contributed by atoms with Crippen LogP contribution in [0.2, 0.25) is 0 Å². The van der Waals surface area contributed by atoms with E-state index in [1.807, 2.05) is 34.6 Å². The highest BCUT2D eigenvalue weighted by Gasteiger charge is 2.27. The molecule has 0 spiro atoms. The van der Waals surface area contributed by atoms with Crippen LogP contribution in [0.15, 0.2) is 5.38 Å². The first-order chi connectivity index (χ1) is 11.1. The van der Waals surface area contributed by atoms with Crippen molar-refractivity contribution in [3.05, 3.63) is 16.1 Å². The Balaban J connectivity index is 2.77. The molecule has 0 saturated heterocycles. The largest absolute Gasteiger partial charge is 0.461 e. The van der Waals surface area contributed by atoms with Crippen molar-refractivity contribution in [2.75, 3.05) is 6.61 Å². The minimum absolute atomic E-state index is 0.130. The van der Waals surface area contributed by atoms with E-state index in [2.05, 4.69) is 9.71 Å². The fraction of sp³-hybridized carbons (Fsp3) is 0.750. The van der Waals surface area contributed by atoms with Crippen LogP contribution in [0.5, 0.6) is 0 Å². The Labute approximate surface area is 150 Å². The van der Waals surface area contributed by atoms with Crippen LogP contribution in [0.25, 0.3) is 0 Å². The number of aliphatic hydroxyl groups is 1. The number of nitrogens with one attached hydrogen (secondary N) is 1. The average molecular weight is 377 g/mol. The second-order valence-corrected chi connectivity index (χ2v) is 9.78. The van der Waals surface area contributed by atoms with Crippen molar-refractivity contribution in [3.63, 3.8) is 0 Å². The zero-order chi connectivity index (χ0) is 18.5. The van der Waals surface area contributed by atoms with Gasteiger partial charge in [-0.1, -0.05) is 13.8 Å². The minimum atomic E-state index is -1.22. The molecule has 1 heterocycles. The number of ether oxygens (including phenoxy) is 1. The molecule has 3 atom stereocenters. The van der Waals surface area contributed by atoms with Crippen LogP contribution < -0.4 is 4.72 Å². The highest BCUT2D eigenvalue weighted by Crippen LogP contribution is 2.25. The standard InChI is InChI=1S/C16H28N2O4S2/c1-7-22-15(20)12-9-23-14(17-12)13(19)8-11(10(2)3)18-24(21)16(4,5)6/h9-11,13,18-19H,7-8H2,1-6H3. The Hall–Kier alpha value is -0.830. The van der Waals surface area contributed by atoms with Crippen molar-refractivity contribution in [2.45, 2.75) is 64.9 Å². The normalized spacial score (nSPS) is 16.0. The molecule has 0 aliphatic carbocycles. The van der Waals surface area contributed by atoms with E-state index < -0.39 is 23.1 Å². The van der Waals surface area contributed by atoms with Gasteiger partial charge in [-0.3, -0.25) is 0 Å². The van der Waals surface area contributed by atoms with Crippen molar-refractivity contribution < 1.29 is 18.8 Å². The minimum Gasteiger partial charge on any atom is -0.461 e. The molecule has 8 heteroatoms. The molecule has 0 amide bonds. The first kappa shape index (κ1) is 21.2. The van der Waals surface area contributed by atoms with E-state index in [0.29, 0.717) is 11.4 Å². The smallest absolute Gasteiger partial charge is 0.357 e. The number of carbonyl (C=O) groups excluding carboxylic acids is 1. The molecule has 24 heavy (non-hydrogen) atoms. The van der Waals surface area contributed by atoms with Gasteiger partial charge < -0.3 is 9.84 Å². The van der Waals surface area contributed by atoms with Gasteiger partial charge in [0.05, 0.1) is 22.3 Å². The lowest BCUT2D eigenvalue weighted by Gasteiger charge is -2.27. The summed E-state index contributed by atoms with van der Waals surface area (Å²) in [5.41, 5.74) is 0.211. The van der Waals surface area contributed by atoms with Crippen molar-refractivity contribution in [3.8, 4) is 0 Å². The van der Waals surface area contributed by atoms with E-state index in [1.54, 1.807) is 12.3 Å². The van der Waals surface area contributed by atoms with Crippen LogP contribution in [0.1, 0.15) is 69.6 Å². The molecule has 0 aliphatic heterocycles. The third-order valence-electron chi connectivity index (χ3n) is 3.39. The van der Waals surface area contributed by atoms with Gasteiger partial charge in [-0.2, -0.15) is 0 Å². The second kappa shape index (κ2) is 9.03. The van der Waals surface area contributed by atoms with Crippen LogP contribution in [0, 0.1) is 5.92 Å². The SMILES string of the molecule is CCOC(=O)c1csc(C(O)CC(NS(=O)C(C)(C)C)C(C)C)n1. The number of rotatable bonds is 8. The average Bonchev–Trinajstić information content (AvgIpc) is 2.95. The molecule has 3 unspecified atom stereocenters. The van der Waals surface area contributed by atoms with Crippen LogP contribution in [-0.4, -0.2) is 37.7 Å². The van der Waals surface area contributed by atoms with Gasteiger partial charge in [0.25, 0.3) is 0 Å². The summed E-state index contributed by atoms with van der Waals surface area (Å²) in [6.45, 7) is 11.7. The maximum atomic E-state index is 12.3. The maximum Gasteiger partial charge on any atom is 0.357 e. The third-order valence-corrected chi connectivity index (χ3v) is 5.96. The van der Waals surface area contributed by atoms with Crippen LogP contribution >= 0.6 is 11.3 Å². The monoisotopic (exact) mass is 376 g/mol. The number of thiazole rings is 1. The van der Waals surface area contributed by atoms with Crippen LogP contribution in [0.3, 0.4) is 0 Å². The molecule has 0 aromatic carbocycles. The van der Waals surface area contributed by atoms with Gasteiger partial charge in [0.2, 0.25) is 0 Å². The third kappa shape index (κ3) is 6.23. The summed E-state index contributed by atoms with van der Waals surface area (Å²) in [5, 5.41) is 12.5. The number of carbonyl (C=O) groups is 1. The first-order valence-electron chi connectivity index (χ1n) is 8.04. The lowest BCUT2D eigenvalue weighted by Crippen LogP contribution is -2.43. The van der Waals surface area contributed by atoms with Gasteiger partial charge in [-0.05, 0) is 40.0 Å². The quantitative estimate of drug-likeness (QED) is 0.681. The molecule has 0 radical (unpaired) electrons. The number of hydrogen-bond donors (Lipinski definition) is 2. The van der Waals surface area contributed by atoms with Crippen molar-refractivity contribution >= 4 is 28.3 Å². The summed E-state index contributed by atoms with van der Waals surface area (Å²) in [5.74, 6) is -0.296. The topological polar surface area (TPSA) is 88.5 Å². The molecule has 1 aromatic heterocycles. The van der Waals surface area contributed by atoms with Crippen molar-refractivity contribution in [2.24, 2.45) is 5.92 Å². The molecule has 0 fully saturated rings. The van der Waals surface area contributed by atoms with E-state index in [1.165, 1.54) is 11.3 Å². The molecule has 138 valence electrons. The Bertz CT molecular complexity index is 567. The Morgan fingerprint density at radius 3 is 2.58 bits per heavy atom. The molecule has 6 nitrogen and oxygen atoms in total. The van der Waals surface area contributed by atoms with Gasteiger partial charge in [0, 0.05) is 11.4 Å². The van der Waals surface area contributed by atoms with Crippen molar-refractivity contribution in [1.82, 2.24) is 9.71 Å². The van der Waals surface area contributed by atoms with Gasteiger partial charge >= 0.3 is 5.97 Å². The zero-order valence-corrected chi connectivity index (χ0v) is 16.8. The summed E-state index contributed by atoms with van der Waals surface area (Å²) in [7, 11) is -1.22. The van der Waals surface area contributed by atoms with Crippen molar-refractivity contribution in [1.29, 1.82) is 0 Å². The molecule has 0 aliphatic rings. The summed E-state index contributed by atoms with van der Waals surface area (Å²) >= 11 is 1.22. The number of hydrogen-bond acceptors (Lipinski definition) is 6. The number of aromatic nitrogens is 1. The first-order valence-corrected chi connectivity index (χ1v) is 10.1. The Kier molecular flexibility index (Phi) is 7.98. The van der Waals surface area contributed by atoms with Crippen LogP contribution in [-0.2, 0) is 15.7 Å². The Morgan fingerprint density at radius 1 is 1.46 bits per heavy atom. The molecular formula is C16H28N2O4S2. The second-order valence-electron chi connectivity index (χ2n) is 6.89. The molecule has 0 saturated carbocycles. The van der Waals surface area contributed by atoms with Gasteiger partial charge in [-0.15, -0.1) is 11.3 Å². The zero-order valence-electron chi connectivity index (χ0n) is 15.2. The predicted molar refractivity (Wildman–Crippen MR) is 97.3 cm³/mol. The summed E-state index contributed by atoms with van der Waals surface area (Å²) in [6.07, 6.45) is -0.454. The van der Waals surface area contributed by atoms with Gasteiger partial charge in [0.1, 0.15) is 11.1 Å². The fourth-order valence-electron chi connectivity index (χ4n) is 1.85. The lowest BCUT2D eigenvalue weighted by atomic mass is 9.99. The van der Waals surface area contributed by atoms with E-state index in [4.69, 9.17) is 4.74 Å². The van der Waals surface area contributed by atoms with E-state index >= 15 is 0 Å². The Morgan fingerprint density at radius 2 is 2.08 bits per heavy atom. The predicted octanol–water partition coefficient (Wildman–Crippen LogP) is 2.82. The molecule has 0 bridgehead atoms. The number of nitrogens with zero attached hydrogens (tertiary/aromatic N) is 1. The highest BCUT2D eigenvalue weighted by molar-refractivity contribution is 7.84. The maximum absolute atomic E-state index is 12.3. The molecular weight excluding hydrogens is 348 g/mol. The summed E-state index contributed by atoms with van der Waals surface area (Å²) in [6, 6.07) is -0.130. The summed E-state index contributed by atoms with van der Waals surface area (Å²) in [4.78, 5) is 15.8. The molecule has 2 N–H and O–H groups in total. The number of aliphatic hydroxyl groups excluding tert-OH is 1. The lowest BCUT2D eigenvalue weighted by molar-refractivity contribution is 0.0519. The fourth-order valence-corrected chi connectivity index (χ4v) is 3.63.